The van der Waals surface area contributed by atoms with Crippen LogP contribution in [-0.2, 0) is 0 Å². The van der Waals surface area contributed by atoms with E-state index >= 15 is 0 Å². The maximum absolute atomic E-state index is 5.11. The van der Waals surface area contributed by atoms with Crippen LogP contribution in [0.5, 0.6) is 0 Å². The fraction of sp³-hybridized carbons (Fsp3) is 0. The second-order valence-corrected chi connectivity index (χ2v) is 2.89. The Morgan fingerprint density at radius 3 is 2.14 bits per heavy atom. The molecular weight excluding hydrogens is 108 g/mol. The summed E-state index contributed by atoms with van der Waals surface area (Å²) in [6, 6.07) is 0. The molecule has 0 aromatic rings. The Kier molecular flexibility index (Phi) is 1.51. The summed E-state index contributed by atoms with van der Waals surface area (Å²) in [7, 11) is 0. The number of hydrogen-bond donors (Lipinski definition) is 3. The fourth-order valence-corrected chi connectivity index (χ4v) is 1.26. The Labute approximate surface area is 45.5 Å². The molecule has 0 radical (unpaired) electrons. The molecule has 0 aromatic heterocycles. The van der Waals surface area contributed by atoms with Gasteiger partial charge < -0.3 is 0 Å². The van der Waals surface area contributed by atoms with Crippen LogP contribution >= 0.6 is 11.1 Å². The van der Waals surface area contributed by atoms with E-state index in [4.69, 9.17) is 5.84 Å². The van der Waals surface area contributed by atoms with Crippen LogP contribution in [0.1, 0.15) is 0 Å². The lowest BCUT2D eigenvalue weighted by molar-refractivity contribution is 1.12. The predicted molar refractivity (Wildman–Crippen MR) is 34.6 cm³/mol. The lowest BCUT2D eigenvalue weighted by atomic mass is 10.6. The number of hydrazine groups is 1. The van der Waals surface area contributed by atoms with E-state index < -0.39 is 0 Å². The first-order valence-corrected chi connectivity index (χ1v) is 3.51. The molecule has 0 fully saturated rings. The van der Waals surface area contributed by atoms with E-state index in [2.05, 4.69) is 15.6 Å². The summed E-state index contributed by atoms with van der Waals surface area (Å²) in [6.07, 6.45) is 3.98. The second kappa shape index (κ2) is 2.16. The molecule has 1 aliphatic rings. The van der Waals surface area contributed by atoms with Gasteiger partial charge >= 0.3 is 0 Å². The zero-order chi connectivity index (χ0) is 5.11. The number of allylic oxidation sites excluding steroid dienone is 2. The quantitative estimate of drug-likeness (QED) is 0.264. The van der Waals surface area contributed by atoms with Crippen molar-refractivity contribution in [3.05, 3.63) is 23.0 Å². The molecule has 0 amide bonds. The van der Waals surface area contributed by atoms with Crippen molar-refractivity contribution in [3.63, 3.8) is 0 Å². The van der Waals surface area contributed by atoms with Crippen molar-refractivity contribution in [2.45, 2.75) is 0 Å². The Hall–Kier alpha value is -0.250. The van der Waals surface area contributed by atoms with E-state index in [0.29, 0.717) is 0 Å². The third kappa shape index (κ3) is 1.06. The maximum atomic E-state index is 5.11. The molecule has 0 bridgehead atoms. The molecule has 1 rings (SSSR count). The highest BCUT2D eigenvalue weighted by Gasteiger charge is 1.90. The van der Waals surface area contributed by atoms with Gasteiger partial charge in [-0.05, 0) is 10.8 Å². The van der Waals surface area contributed by atoms with Crippen LogP contribution < -0.4 is 10.7 Å². The first-order chi connectivity index (χ1) is 3.43. The number of nitrogens with two attached hydrogens (primary N) is 1. The van der Waals surface area contributed by atoms with Gasteiger partial charge in [0.25, 0.3) is 0 Å². The lowest BCUT2D eigenvalue weighted by Crippen LogP contribution is -2.14. The molecule has 2 nitrogen and oxygen atoms in total. The van der Waals surface area contributed by atoms with Gasteiger partial charge in [0, 0.05) is 0 Å². The molecule has 40 valence electrons. The van der Waals surface area contributed by atoms with Gasteiger partial charge in [-0.15, -0.1) is 11.1 Å². The molecule has 0 saturated carbocycles. The SMILES string of the molecule is NN[SH]1C=CC=C1. The van der Waals surface area contributed by atoms with Gasteiger partial charge in [-0.2, -0.15) is 0 Å². The molecule has 1 aliphatic heterocycles. The highest BCUT2D eigenvalue weighted by molar-refractivity contribution is 8.20. The molecule has 0 unspecified atom stereocenters. The molecule has 0 aliphatic carbocycles. The van der Waals surface area contributed by atoms with Crippen molar-refractivity contribution < 1.29 is 0 Å². The van der Waals surface area contributed by atoms with Crippen LogP contribution in [-0.4, -0.2) is 0 Å². The lowest BCUT2D eigenvalue weighted by Gasteiger charge is -2.03. The van der Waals surface area contributed by atoms with Crippen molar-refractivity contribution >= 4 is 11.1 Å². The minimum Gasteiger partial charge on any atom is -0.263 e. The summed E-state index contributed by atoms with van der Waals surface area (Å²) in [5, 5.41) is 4.10. The first kappa shape index (κ1) is 4.90. The predicted octanol–water partition coefficient (Wildman–Crippen LogP) is 0.407. The number of hydrogen-bond acceptors (Lipinski definition) is 2. The second-order valence-electron chi connectivity index (χ2n) is 1.22. The Morgan fingerprint density at radius 1 is 1.29 bits per heavy atom. The summed E-state index contributed by atoms with van der Waals surface area (Å²) in [6.45, 7) is 0. The molecular formula is C4H8N2S. The minimum absolute atomic E-state index is 0.276. The highest BCUT2D eigenvalue weighted by Crippen LogP contribution is 2.25. The summed E-state index contributed by atoms with van der Waals surface area (Å²) in [4.78, 5) is 2.66. The normalized spacial score (nSPS) is 21.6. The van der Waals surface area contributed by atoms with E-state index in [1.807, 2.05) is 12.2 Å². The third-order valence-corrected chi connectivity index (χ3v) is 2.04. The fourth-order valence-electron chi connectivity index (χ4n) is 0.421. The van der Waals surface area contributed by atoms with Gasteiger partial charge in [-0.1, -0.05) is 12.2 Å². The molecule has 0 spiro atoms. The average molecular weight is 116 g/mol. The summed E-state index contributed by atoms with van der Waals surface area (Å²) >= 11 is -0.276. The van der Waals surface area contributed by atoms with Crippen LogP contribution in [0.25, 0.3) is 0 Å². The topological polar surface area (TPSA) is 38.0 Å². The third-order valence-electron chi connectivity index (χ3n) is 0.754. The largest absolute Gasteiger partial charge is 0.263 e. The van der Waals surface area contributed by atoms with Crippen molar-refractivity contribution in [3.8, 4) is 0 Å². The van der Waals surface area contributed by atoms with E-state index in [9.17, 15) is 0 Å². The van der Waals surface area contributed by atoms with Gasteiger partial charge in [-0.25, -0.2) is 4.83 Å². The molecule has 0 saturated heterocycles. The first-order valence-electron chi connectivity index (χ1n) is 2.03. The van der Waals surface area contributed by atoms with Crippen LogP contribution in [0.15, 0.2) is 23.0 Å². The summed E-state index contributed by atoms with van der Waals surface area (Å²) < 4.78 is 0. The summed E-state index contributed by atoms with van der Waals surface area (Å²) in [5.41, 5.74) is 0. The van der Waals surface area contributed by atoms with Gasteiger partial charge in [0.2, 0.25) is 0 Å². The van der Waals surface area contributed by atoms with Crippen molar-refractivity contribution in [2.75, 3.05) is 0 Å². The number of nitrogens with one attached hydrogen (secondary N) is 1. The molecule has 1 heterocycles. The number of thiol groups is 1. The molecule has 3 N–H and O–H groups in total. The zero-order valence-electron chi connectivity index (χ0n) is 3.83. The molecule has 0 aromatic carbocycles. The van der Waals surface area contributed by atoms with E-state index in [1.165, 1.54) is 0 Å². The Bertz CT molecular complexity index is 96.3. The molecule has 0 atom stereocenters. The standard InChI is InChI=1S/C4H8N2S/c5-6-7-3-1-2-4-7/h1-4,6-7H,5H2. The smallest absolute Gasteiger partial charge is 0.0320 e. The minimum atomic E-state index is -0.276. The number of rotatable bonds is 1. The van der Waals surface area contributed by atoms with Crippen molar-refractivity contribution in [1.82, 2.24) is 4.83 Å². The van der Waals surface area contributed by atoms with Crippen molar-refractivity contribution in [2.24, 2.45) is 5.84 Å². The molecule has 7 heavy (non-hydrogen) atoms. The average Bonchev–Trinajstić information content (AvgIpc) is 2.14. The van der Waals surface area contributed by atoms with Gasteiger partial charge in [-0.3, -0.25) is 5.84 Å². The zero-order valence-corrected chi connectivity index (χ0v) is 4.73. The van der Waals surface area contributed by atoms with E-state index in [0.717, 1.165) is 0 Å². The summed E-state index contributed by atoms with van der Waals surface area (Å²) in [5.74, 6) is 5.11. The molecule has 3 heteroatoms. The highest BCUT2D eigenvalue weighted by atomic mass is 32.2. The maximum Gasteiger partial charge on any atom is -0.0320 e. The Morgan fingerprint density at radius 2 is 1.86 bits per heavy atom. The van der Waals surface area contributed by atoms with Crippen LogP contribution in [0.4, 0.5) is 0 Å². The van der Waals surface area contributed by atoms with E-state index in [1.54, 1.807) is 0 Å². The van der Waals surface area contributed by atoms with Crippen molar-refractivity contribution in [1.29, 1.82) is 0 Å². The Balaban J connectivity index is 2.44. The van der Waals surface area contributed by atoms with E-state index in [-0.39, 0.29) is 11.1 Å². The monoisotopic (exact) mass is 116 g/mol. The van der Waals surface area contributed by atoms with Crippen LogP contribution in [0.2, 0.25) is 0 Å². The van der Waals surface area contributed by atoms with Gasteiger partial charge in [0.1, 0.15) is 0 Å². The van der Waals surface area contributed by atoms with Gasteiger partial charge in [0.05, 0.1) is 0 Å². The van der Waals surface area contributed by atoms with Crippen LogP contribution in [0, 0.1) is 0 Å². The van der Waals surface area contributed by atoms with Crippen LogP contribution in [0.3, 0.4) is 0 Å². The van der Waals surface area contributed by atoms with Gasteiger partial charge in [0.15, 0.2) is 0 Å².